The van der Waals surface area contributed by atoms with Crippen LogP contribution in [0.3, 0.4) is 0 Å². The third-order valence-corrected chi connectivity index (χ3v) is 2.72. The van der Waals surface area contributed by atoms with Crippen LogP contribution in [-0.2, 0) is 14.2 Å². The van der Waals surface area contributed by atoms with Crippen molar-refractivity contribution in [2.24, 2.45) is 0 Å². The minimum Gasteiger partial charge on any atom is -0.453 e. The summed E-state index contributed by atoms with van der Waals surface area (Å²) in [5, 5.41) is 0. The van der Waals surface area contributed by atoms with Gasteiger partial charge in [-0.15, -0.1) is 0 Å². The number of benzene rings is 1. The minimum absolute atomic E-state index is 0.318. The molecule has 0 N–H and O–H groups in total. The average molecular weight is 236 g/mol. The molecule has 4 heteroatoms. The molecule has 1 aromatic rings. The van der Waals surface area contributed by atoms with Gasteiger partial charge in [-0.05, 0) is 25.0 Å². The second kappa shape index (κ2) is 5.80. The van der Waals surface area contributed by atoms with Gasteiger partial charge in [0.1, 0.15) is 0 Å². The van der Waals surface area contributed by atoms with Crippen molar-refractivity contribution in [2.75, 3.05) is 13.7 Å². The van der Waals surface area contributed by atoms with E-state index in [4.69, 9.17) is 14.2 Å². The molecule has 0 aromatic heterocycles. The standard InChI is InChI=1S/C13H16O4/c1-15-13-11(8-5-9-16-13)17-12(14)10-6-3-2-4-7-10/h2-4,6-7,11,13H,5,8-9H2,1H3/t11-,13+/m1/s1. The Morgan fingerprint density at radius 1 is 1.35 bits per heavy atom. The van der Waals surface area contributed by atoms with Gasteiger partial charge in [-0.1, -0.05) is 18.2 Å². The SMILES string of the molecule is CO[C@H]1OCCC[C@H]1OC(=O)c1ccccc1. The summed E-state index contributed by atoms with van der Waals surface area (Å²) in [5.74, 6) is -0.330. The third-order valence-electron chi connectivity index (χ3n) is 2.72. The Morgan fingerprint density at radius 3 is 2.82 bits per heavy atom. The molecule has 0 unspecified atom stereocenters. The average Bonchev–Trinajstić information content (AvgIpc) is 2.40. The van der Waals surface area contributed by atoms with E-state index >= 15 is 0 Å². The molecule has 17 heavy (non-hydrogen) atoms. The predicted molar refractivity (Wildman–Crippen MR) is 61.6 cm³/mol. The molecule has 0 bridgehead atoms. The molecule has 4 nitrogen and oxygen atoms in total. The predicted octanol–water partition coefficient (Wildman–Crippen LogP) is 1.99. The highest BCUT2D eigenvalue weighted by Gasteiger charge is 2.29. The van der Waals surface area contributed by atoms with E-state index in [9.17, 15) is 4.79 Å². The molecule has 1 aliphatic heterocycles. The fourth-order valence-electron chi connectivity index (χ4n) is 1.84. The summed E-state index contributed by atoms with van der Waals surface area (Å²) in [6, 6.07) is 8.93. The van der Waals surface area contributed by atoms with Crippen LogP contribution in [0.4, 0.5) is 0 Å². The van der Waals surface area contributed by atoms with Crippen LogP contribution in [0.5, 0.6) is 0 Å². The molecule has 0 aliphatic carbocycles. The van der Waals surface area contributed by atoms with Gasteiger partial charge in [0.05, 0.1) is 12.2 Å². The maximum Gasteiger partial charge on any atom is 0.338 e. The number of hydrogen-bond donors (Lipinski definition) is 0. The van der Waals surface area contributed by atoms with Crippen LogP contribution >= 0.6 is 0 Å². The first-order valence-corrected chi connectivity index (χ1v) is 5.71. The van der Waals surface area contributed by atoms with Crippen molar-refractivity contribution in [3.05, 3.63) is 35.9 Å². The van der Waals surface area contributed by atoms with E-state index in [0.717, 1.165) is 12.8 Å². The van der Waals surface area contributed by atoms with E-state index in [1.807, 2.05) is 18.2 Å². The number of methoxy groups -OCH3 is 1. The van der Waals surface area contributed by atoms with Crippen molar-refractivity contribution in [2.45, 2.75) is 25.2 Å². The van der Waals surface area contributed by atoms with Gasteiger partial charge >= 0.3 is 5.97 Å². The van der Waals surface area contributed by atoms with E-state index in [2.05, 4.69) is 0 Å². The zero-order valence-electron chi connectivity index (χ0n) is 9.80. The molecular weight excluding hydrogens is 220 g/mol. The lowest BCUT2D eigenvalue weighted by Crippen LogP contribution is -2.38. The quantitative estimate of drug-likeness (QED) is 0.753. The molecule has 1 fully saturated rings. The summed E-state index contributed by atoms with van der Waals surface area (Å²) >= 11 is 0. The summed E-state index contributed by atoms with van der Waals surface area (Å²) in [6.45, 7) is 0.651. The Bertz CT molecular complexity index is 363. The number of rotatable bonds is 3. The van der Waals surface area contributed by atoms with Crippen LogP contribution in [0.1, 0.15) is 23.2 Å². The maximum atomic E-state index is 11.8. The lowest BCUT2D eigenvalue weighted by atomic mass is 10.1. The first-order valence-electron chi connectivity index (χ1n) is 5.71. The minimum atomic E-state index is -0.448. The Kier molecular flexibility index (Phi) is 4.12. The van der Waals surface area contributed by atoms with Gasteiger partial charge in [-0.25, -0.2) is 4.79 Å². The molecule has 2 atom stereocenters. The van der Waals surface area contributed by atoms with Crippen molar-refractivity contribution in [3.8, 4) is 0 Å². The lowest BCUT2D eigenvalue weighted by molar-refractivity contribution is -0.201. The molecule has 1 aliphatic rings. The van der Waals surface area contributed by atoms with Gasteiger partial charge in [-0.3, -0.25) is 0 Å². The largest absolute Gasteiger partial charge is 0.453 e. The zero-order valence-corrected chi connectivity index (χ0v) is 9.80. The van der Waals surface area contributed by atoms with Crippen LogP contribution in [0, 0.1) is 0 Å². The highest BCUT2D eigenvalue weighted by molar-refractivity contribution is 5.89. The van der Waals surface area contributed by atoms with E-state index in [1.54, 1.807) is 19.2 Å². The first-order chi connectivity index (χ1) is 8.31. The van der Waals surface area contributed by atoms with Gasteiger partial charge in [0.15, 0.2) is 12.4 Å². The van der Waals surface area contributed by atoms with Crippen molar-refractivity contribution in [3.63, 3.8) is 0 Å². The number of carbonyl (C=O) groups is 1. The number of hydrogen-bond acceptors (Lipinski definition) is 4. The molecule has 0 saturated carbocycles. The summed E-state index contributed by atoms with van der Waals surface area (Å²) in [4.78, 5) is 11.8. The van der Waals surface area contributed by atoms with Crippen LogP contribution < -0.4 is 0 Å². The fourth-order valence-corrected chi connectivity index (χ4v) is 1.84. The Hall–Kier alpha value is -1.39. The summed E-state index contributed by atoms with van der Waals surface area (Å²) in [6.07, 6.45) is 0.891. The normalized spacial score (nSPS) is 24.3. The molecular formula is C13H16O4. The second-order valence-electron chi connectivity index (χ2n) is 3.93. The smallest absolute Gasteiger partial charge is 0.338 e. The van der Waals surface area contributed by atoms with E-state index in [0.29, 0.717) is 12.2 Å². The number of ether oxygens (including phenoxy) is 3. The highest BCUT2D eigenvalue weighted by atomic mass is 16.7. The van der Waals surface area contributed by atoms with Crippen LogP contribution in [-0.4, -0.2) is 32.1 Å². The van der Waals surface area contributed by atoms with Crippen molar-refractivity contribution >= 4 is 5.97 Å². The van der Waals surface area contributed by atoms with E-state index in [1.165, 1.54) is 0 Å². The Balaban J connectivity index is 1.98. The van der Waals surface area contributed by atoms with E-state index in [-0.39, 0.29) is 12.1 Å². The van der Waals surface area contributed by atoms with Crippen molar-refractivity contribution < 1.29 is 19.0 Å². The first kappa shape index (κ1) is 12.1. The number of carbonyl (C=O) groups excluding carboxylic acids is 1. The van der Waals surface area contributed by atoms with Crippen LogP contribution in [0.2, 0.25) is 0 Å². The monoisotopic (exact) mass is 236 g/mol. The van der Waals surface area contributed by atoms with Gasteiger partial charge < -0.3 is 14.2 Å². The van der Waals surface area contributed by atoms with Gasteiger partial charge in [0, 0.05) is 7.11 Å². The molecule has 0 amide bonds. The van der Waals surface area contributed by atoms with Gasteiger partial charge in [-0.2, -0.15) is 0 Å². The lowest BCUT2D eigenvalue weighted by Gasteiger charge is -2.29. The van der Waals surface area contributed by atoms with Crippen LogP contribution in [0.15, 0.2) is 30.3 Å². The summed E-state index contributed by atoms with van der Waals surface area (Å²) in [5.41, 5.74) is 0.549. The molecule has 92 valence electrons. The zero-order chi connectivity index (χ0) is 12.1. The molecule has 1 aromatic carbocycles. The molecule has 0 spiro atoms. The molecule has 2 rings (SSSR count). The molecule has 0 radical (unpaired) electrons. The van der Waals surface area contributed by atoms with Crippen molar-refractivity contribution in [1.29, 1.82) is 0 Å². The molecule has 1 saturated heterocycles. The second-order valence-corrected chi connectivity index (χ2v) is 3.93. The molecule has 1 heterocycles. The van der Waals surface area contributed by atoms with Gasteiger partial charge in [0.2, 0.25) is 0 Å². The Labute approximate surface area is 100 Å². The van der Waals surface area contributed by atoms with E-state index < -0.39 is 6.29 Å². The van der Waals surface area contributed by atoms with Crippen molar-refractivity contribution in [1.82, 2.24) is 0 Å². The number of esters is 1. The maximum absolute atomic E-state index is 11.8. The fraction of sp³-hybridized carbons (Fsp3) is 0.462. The topological polar surface area (TPSA) is 44.8 Å². The Morgan fingerprint density at radius 2 is 2.12 bits per heavy atom. The summed E-state index contributed by atoms with van der Waals surface area (Å²) < 4.78 is 15.9. The highest BCUT2D eigenvalue weighted by Crippen LogP contribution is 2.19. The van der Waals surface area contributed by atoms with Crippen LogP contribution in [0.25, 0.3) is 0 Å². The van der Waals surface area contributed by atoms with Gasteiger partial charge in [0.25, 0.3) is 0 Å². The third kappa shape index (κ3) is 3.05. The summed E-state index contributed by atoms with van der Waals surface area (Å²) in [7, 11) is 1.55.